The van der Waals surface area contributed by atoms with Gasteiger partial charge in [-0.2, -0.15) is 5.26 Å². The van der Waals surface area contributed by atoms with Crippen molar-refractivity contribution in [3.8, 4) is 6.07 Å². The van der Waals surface area contributed by atoms with E-state index in [9.17, 15) is 0 Å². The maximum atomic E-state index is 9.04. The number of aromatic nitrogens is 1. The number of nitrogens with two attached hydrogens (primary N) is 1. The molecule has 0 saturated heterocycles. The SMILES string of the molecule is N#Cc1cccn1C(CN)c1ccccc1Br. The van der Waals surface area contributed by atoms with Crippen LogP contribution in [0.2, 0.25) is 0 Å². The van der Waals surface area contributed by atoms with Crippen molar-refractivity contribution in [2.24, 2.45) is 5.73 Å². The Morgan fingerprint density at radius 2 is 2.06 bits per heavy atom. The van der Waals surface area contributed by atoms with Gasteiger partial charge in [0.25, 0.3) is 0 Å². The summed E-state index contributed by atoms with van der Waals surface area (Å²) in [6.45, 7) is 0.450. The highest BCUT2D eigenvalue weighted by atomic mass is 79.9. The summed E-state index contributed by atoms with van der Waals surface area (Å²) in [6, 6.07) is 13.7. The van der Waals surface area contributed by atoms with Crippen molar-refractivity contribution in [1.29, 1.82) is 5.26 Å². The number of benzene rings is 1. The van der Waals surface area contributed by atoms with Crippen LogP contribution in [-0.4, -0.2) is 11.1 Å². The minimum absolute atomic E-state index is 0.0183. The molecule has 0 aliphatic heterocycles. The van der Waals surface area contributed by atoms with Gasteiger partial charge in [0.05, 0.1) is 6.04 Å². The second-order valence-electron chi connectivity index (χ2n) is 3.69. The van der Waals surface area contributed by atoms with Crippen LogP contribution in [0.5, 0.6) is 0 Å². The molecule has 1 atom stereocenters. The molecule has 1 aromatic heterocycles. The molecule has 2 rings (SSSR count). The van der Waals surface area contributed by atoms with Crippen LogP contribution in [0.4, 0.5) is 0 Å². The molecule has 86 valence electrons. The zero-order valence-electron chi connectivity index (χ0n) is 9.18. The molecule has 1 unspecified atom stereocenters. The number of nitriles is 1. The van der Waals surface area contributed by atoms with E-state index in [2.05, 4.69) is 22.0 Å². The zero-order valence-corrected chi connectivity index (χ0v) is 10.8. The summed E-state index contributed by atoms with van der Waals surface area (Å²) in [7, 11) is 0. The van der Waals surface area contributed by atoms with Crippen molar-refractivity contribution >= 4 is 15.9 Å². The topological polar surface area (TPSA) is 54.7 Å². The third-order valence-electron chi connectivity index (χ3n) is 2.72. The Kier molecular flexibility index (Phi) is 3.62. The smallest absolute Gasteiger partial charge is 0.120 e. The van der Waals surface area contributed by atoms with E-state index in [0.29, 0.717) is 12.2 Å². The van der Waals surface area contributed by atoms with Gasteiger partial charge in [-0.3, -0.25) is 0 Å². The first-order chi connectivity index (χ1) is 8.27. The first-order valence-corrected chi connectivity index (χ1v) is 6.08. The summed E-state index contributed by atoms with van der Waals surface area (Å²) in [6.07, 6.45) is 1.88. The molecule has 1 heterocycles. The number of nitrogens with zero attached hydrogens (tertiary/aromatic N) is 2. The number of hydrogen-bond donors (Lipinski definition) is 1. The Balaban J connectivity index is 2.49. The average Bonchev–Trinajstić information content (AvgIpc) is 2.81. The van der Waals surface area contributed by atoms with Gasteiger partial charge < -0.3 is 10.3 Å². The summed E-state index contributed by atoms with van der Waals surface area (Å²) in [5.74, 6) is 0. The third kappa shape index (κ3) is 2.26. The van der Waals surface area contributed by atoms with Crippen molar-refractivity contribution in [1.82, 2.24) is 4.57 Å². The van der Waals surface area contributed by atoms with Gasteiger partial charge in [-0.05, 0) is 23.8 Å². The Hall–Kier alpha value is -1.57. The lowest BCUT2D eigenvalue weighted by Crippen LogP contribution is -2.21. The van der Waals surface area contributed by atoms with Crippen LogP contribution in [0.1, 0.15) is 17.3 Å². The summed E-state index contributed by atoms with van der Waals surface area (Å²) in [5.41, 5.74) is 7.54. The molecule has 4 heteroatoms. The first kappa shape index (κ1) is 11.9. The highest BCUT2D eigenvalue weighted by Gasteiger charge is 2.16. The molecule has 0 amide bonds. The monoisotopic (exact) mass is 289 g/mol. The molecular weight excluding hydrogens is 278 g/mol. The van der Waals surface area contributed by atoms with Gasteiger partial charge in [0.2, 0.25) is 0 Å². The molecule has 17 heavy (non-hydrogen) atoms. The molecule has 0 bridgehead atoms. The standard InChI is InChI=1S/C13H12BrN3/c14-12-6-2-1-5-11(12)13(9-16)17-7-3-4-10(17)8-15/h1-7,13H,9,16H2. The van der Waals surface area contributed by atoms with Crippen molar-refractivity contribution in [3.05, 3.63) is 58.3 Å². The van der Waals surface area contributed by atoms with E-state index in [-0.39, 0.29) is 6.04 Å². The highest BCUT2D eigenvalue weighted by Crippen LogP contribution is 2.26. The molecule has 0 aliphatic rings. The maximum absolute atomic E-state index is 9.04. The summed E-state index contributed by atoms with van der Waals surface area (Å²) >= 11 is 3.52. The second-order valence-corrected chi connectivity index (χ2v) is 4.54. The van der Waals surface area contributed by atoms with Gasteiger partial charge in [-0.25, -0.2) is 0 Å². The van der Waals surface area contributed by atoms with Gasteiger partial charge >= 0.3 is 0 Å². The molecule has 0 aliphatic carbocycles. The number of hydrogen-bond acceptors (Lipinski definition) is 2. The van der Waals surface area contributed by atoms with Crippen LogP contribution < -0.4 is 5.73 Å². The molecule has 3 nitrogen and oxygen atoms in total. The van der Waals surface area contributed by atoms with Gasteiger partial charge in [-0.15, -0.1) is 0 Å². The Bertz CT molecular complexity index is 552. The van der Waals surface area contributed by atoms with E-state index in [1.54, 1.807) is 6.07 Å². The summed E-state index contributed by atoms with van der Waals surface area (Å²) in [5, 5.41) is 9.04. The van der Waals surface area contributed by atoms with Crippen LogP contribution in [0.25, 0.3) is 0 Å². The van der Waals surface area contributed by atoms with Crippen molar-refractivity contribution in [2.75, 3.05) is 6.54 Å². The van der Waals surface area contributed by atoms with E-state index < -0.39 is 0 Å². The van der Waals surface area contributed by atoms with Crippen LogP contribution in [0.3, 0.4) is 0 Å². The fourth-order valence-electron chi connectivity index (χ4n) is 1.90. The largest absolute Gasteiger partial charge is 0.331 e. The third-order valence-corrected chi connectivity index (χ3v) is 3.44. The van der Waals surface area contributed by atoms with E-state index >= 15 is 0 Å². The second kappa shape index (κ2) is 5.17. The van der Waals surface area contributed by atoms with Crippen molar-refractivity contribution < 1.29 is 0 Å². The maximum Gasteiger partial charge on any atom is 0.120 e. The number of rotatable bonds is 3. The minimum atomic E-state index is -0.0183. The predicted octanol–water partition coefficient (Wildman–Crippen LogP) is 2.67. The van der Waals surface area contributed by atoms with Gasteiger partial charge in [0, 0.05) is 17.2 Å². The predicted molar refractivity (Wildman–Crippen MR) is 70.5 cm³/mol. The van der Waals surface area contributed by atoms with E-state index in [1.807, 2.05) is 41.1 Å². The van der Waals surface area contributed by atoms with Gasteiger partial charge in [0.15, 0.2) is 0 Å². The van der Waals surface area contributed by atoms with Crippen molar-refractivity contribution in [3.63, 3.8) is 0 Å². The van der Waals surface area contributed by atoms with Crippen molar-refractivity contribution in [2.45, 2.75) is 6.04 Å². The van der Waals surface area contributed by atoms with Gasteiger partial charge in [-0.1, -0.05) is 34.1 Å². The Morgan fingerprint density at radius 3 is 2.71 bits per heavy atom. The average molecular weight is 290 g/mol. The van der Waals surface area contributed by atoms with Crippen LogP contribution in [0, 0.1) is 11.3 Å². The summed E-state index contributed by atoms with van der Waals surface area (Å²) < 4.78 is 2.91. The Morgan fingerprint density at radius 1 is 1.29 bits per heavy atom. The lowest BCUT2D eigenvalue weighted by Gasteiger charge is -2.19. The molecule has 2 aromatic rings. The van der Waals surface area contributed by atoms with Crippen LogP contribution >= 0.6 is 15.9 Å². The Labute approximate surface area is 109 Å². The summed E-state index contributed by atoms with van der Waals surface area (Å²) in [4.78, 5) is 0. The molecule has 2 N–H and O–H groups in total. The molecular formula is C13H12BrN3. The fourth-order valence-corrected chi connectivity index (χ4v) is 2.44. The van der Waals surface area contributed by atoms with E-state index in [4.69, 9.17) is 11.0 Å². The van der Waals surface area contributed by atoms with E-state index in [1.165, 1.54) is 0 Å². The molecule has 1 aromatic carbocycles. The molecule has 0 radical (unpaired) electrons. The van der Waals surface area contributed by atoms with Crippen LogP contribution in [0.15, 0.2) is 47.1 Å². The molecule has 0 fully saturated rings. The fraction of sp³-hybridized carbons (Fsp3) is 0.154. The number of halogens is 1. The zero-order chi connectivity index (χ0) is 12.3. The lowest BCUT2D eigenvalue weighted by molar-refractivity contribution is 0.590. The molecule has 0 spiro atoms. The first-order valence-electron chi connectivity index (χ1n) is 5.29. The lowest BCUT2D eigenvalue weighted by atomic mass is 10.1. The van der Waals surface area contributed by atoms with Gasteiger partial charge in [0.1, 0.15) is 11.8 Å². The molecule has 0 saturated carbocycles. The normalized spacial score (nSPS) is 12.1. The van der Waals surface area contributed by atoms with E-state index in [0.717, 1.165) is 10.0 Å². The highest BCUT2D eigenvalue weighted by molar-refractivity contribution is 9.10. The van der Waals surface area contributed by atoms with Crippen LogP contribution in [-0.2, 0) is 0 Å². The minimum Gasteiger partial charge on any atom is -0.331 e. The quantitative estimate of drug-likeness (QED) is 0.944.